The van der Waals surface area contributed by atoms with Crippen LogP contribution in [0.15, 0.2) is 218 Å². The molecule has 0 aliphatic carbocycles. The molecule has 0 amide bonds. The number of nitrogens with zero attached hydrogens (tertiary/aromatic N) is 4. The molecule has 10 heterocycles. The first-order valence-corrected chi connectivity index (χ1v) is 25.1. The molecule has 20 aromatic rings. The Balaban J connectivity index is 1.36. The summed E-state index contributed by atoms with van der Waals surface area (Å²) in [6, 6.07) is 80.3. The number of aromatic nitrogens is 4. The van der Waals surface area contributed by atoms with E-state index in [0.717, 1.165) is 44.8 Å². The molecule has 0 atom stereocenters. The van der Waals surface area contributed by atoms with E-state index in [1.807, 2.05) is 0 Å². The molecular weight excluding hydrogens is 873 g/mol. The van der Waals surface area contributed by atoms with E-state index in [4.69, 9.17) is 0 Å². The van der Waals surface area contributed by atoms with Crippen LogP contribution in [0.4, 0.5) is 0 Å². The van der Waals surface area contributed by atoms with Gasteiger partial charge >= 0.3 is 0 Å². The highest BCUT2D eigenvalue weighted by molar-refractivity contribution is 5.92. The van der Waals surface area contributed by atoms with E-state index in [9.17, 15) is 0 Å². The van der Waals surface area contributed by atoms with Crippen molar-refractivity contribution in [2.45, 2.75) is 55.4 Å². The van der Waals surface area contributed by atoms with Gasteiger partial charge in [0, 0.05) is 44.8 Å². The van der Waals surface area contributed by atoms with E-state index < -0.39 is 0 Å². The summed E-state index contributed by atoms with van der Waals surface area (Å²) in [5, 5.41) is 4.79. The highest BCUT2D eigenvalue weighted by Gasteiger charge is 2.14. The zero-order chi connectivity index (χ0) is 49.6. The number of aryl methyl sites for hydroxylation is 8. The molecule has 0 spiro atoms. The minimum atomic E-state index is 1.09. The Morgan fingerprint density at radius 3 is 0.556 bits per heavy atom. The summed E-state index contributed by atoms with van der Waals surface area (Å²) in [5.41, 5.74) is 23.1. The predicted octanol–water partition coefficient (Wildman–Crippen LogP) is 18.2. The third-order valence-corrected chi connectivity index (χ3v) is 14.3. The fourth-order valence-electron chi connectivity index (χ4n) is 11.4. The lowest BCUT2D eigenvalue weighted by Crippen LogP contribution is -2.03. The molecule has 10 aromatic heterocycles. The molecule has 10 aromatic carbocycles. The Bertz CT molecular complexity index is 3510. The van der Waals surface area contributed by atoms with Crippen molar-refractivity contribution in [1.29, 1.82) is 0 Å². The number of benzene rings is 10. The van der Waals surface area contributed by atoms with E-state index in [2.05, 4.69) is 292 Å². The van der Waals surface area contributed by atoms with Crippen molar-refractivity contribution in [2.24, 2.45) is 0 Å². The second-order valence-electron chi connectivity index (χ2n) is 19.6. The molecular formula is C68H60N4. The summed E-state index contributed by atoms with van der Waals surface area (Å²) in [4.78, 5) is 0. The highest BCUT2D eigenvalue weighted by atomic mass is 15.0. The molecule has 0 saturated heterocycles. The van der Waals surface area contributed by atoms with Crippen molar-refractivity contribution in [1.82, 2.24) is 18.3 Å². The molecule has 4 nitrogen and oxygen atoms in total. The van der Waals surface area contributed by atoms with Crippen LogP contribution in [0.2, 0.25) is 0 Å². The molecule has 0 N–H and O–H groups in total. The van der Waals surface area contributed by atoms with Crippen molar-refractivity contribution in [3.8, 4) is 22.7 Å². The van der Waals surface area contributed by atoms with Crippen LogP contribution < -0.4 is 0 Å². The summed E-state index contributed by atoms with van der Waals surface area (Å²) < 4.78 is 9.75. The average molecular weight is 933 g/mol. The predicted molar refractivity (Wildman–Crippen MR) is 308 cm³/mol. The van der Waals surface area contributed by atoms with Crippen LogP contribution in [0.3, 0.4) is 0 Å². The molecule has 4 heteroatoms. The van der Waals surface area contributed by atoms with Crippen molar-refractivity contribution in [3.05, 3.63) is 263 Å². The standard InChI is InChI=1S/C68H60N4/c1-45-35-53-36-46(2)65(45)69(57-23-13-9-14-24-57)61-31-21-32-62(43-61)70(58-25-15-10-16-26-58)67-49(5)39-55(40-50(67)6)56-41-51(7)68(52(8)42-56)72(60-29-19-12-20-30-60)64-34-22-33-63(44-64)71(59-27-17-11-18-28-59)66-47(3)37-54(53)38-48(66)4/h9-44H,1-8H3. The molecule has 0 aliphatic heterocycles. The van der Waals surface area contributed by atoms with E-state index >= 15 is 0 Å². The van der Waals surface area contributed by atoms with Crippen LogP contribution >= 0.6 is 0 Å². The summed E-state index contributed by atoms with van der Waals surface area (Å²) in [6.07, 6.45) is 0. The smallest absolute Gasteiger partial charge is 0.0520 e. The third-order valence-electron chi connectivity index (χ3n) is 14.3. The Morgan fingerprint density at radius 2 is 0.375 bits per heavy atom. The molecule has 0 radical (unpaired) electrons. The largest absolute Gasteiger partial charge is 0.310 e. The quantitative estimate of drug-likeness (QED) is 0.168. The van der Waals surface area contributed by atoms with Gasteiger partial charge in [0.1, 0.15) is 0 Å². The monoisotopic (exact) mass is 932 g/mol. The first kappa shape index (κ1) is 45.8. The summed E-state index contributed by atoms with van der Waals surface area (Å²) >= 11 is 0. The van der Waals surface area contributed by atoms with Crippen LogP contribution in [0.5, 0.6) is 0 Å². The van der Waals surface area contributed by atoms with Gasteiger partial charge in [-0.25, -0.2) is 0 Å². The SMILES string of the molecule is Cc1cc2cc(C)c1n(-c1ccccc1)c1cccc(c1)n(-c1ccccc1)c1c(C)cc(cc1C)c1cc(C)c(c(C)c1)n(-c1ccccc1)c1cccc(c1)n(-c1ccccc1)c1c(C)cc2cc1C. The van der Waals surface area contributed by atoms with Gasteiger partial charge in [-0.3, -0.25) is 0 Å². The topological polar surface area (TPSA) is 19.7 Å². The molecule has 0 fully saturated rings. The maximum Gasteiger partial charge on any atom is 0.0520 e. The third kappa shape index (κ3) is 8.39. The van der Waals surface area contributed by atoms with Crippen molar-refractivity contribution >= 4 is 65.7 Å². The van der Waals surface area contributed by atoms with E-state index in [1.165, 1.54) is 88.1 Å². The van der Waals surface area contributed by atoms with Crippen molar-refractivity contribution < 1.29 is 0 Å². The van der Waals surface area contributed by atoms with Crippen LogP contribution in [-0.2, 0) is 0 Å². The normalized spacial score (nSPS) is 11.3. The van der Waals surface area contributed by atoms with Gasteiger partial charge in [0.15, 0.2) is 0 Å². The molecule has 20 rings (SSSR count). The molecule has 0 saturated carbocycles. The Hall–Kier alpha value is -8.60. The Kier molecular flexibility index (Phi) is 12.1. The maximum atomic E-state index is 2.44. The van der Waals surface area contributed by atoms with Gasteiger partial charge in [0.05, 0.1) is 22.1 Å². The second kappa shape index (κ2) is 19.0. The number of para-hydroxylation sites is 4. The van der Waals surface area contributed by atoms with E-state index in [0.29, 0.717) is 0 Å². The van der Waals surface area contributed by atoms with Crippen LogP contribution in [0, 0.1) is 55.4 Å². The van der Waals surface area contributed by atoms with Gasteiger partial charge in [-0.2, -0.15) is 0 Å². The lowest BCUT2D eigenvalue weighted by molar-refractivity contribution is 1.11. The fraction of sp³-hybridized carbons (Fsp3) is 0.118. The summed E-state index contributed by atoms with van der Waals surface area (Å²) in [5.74, 6) is 0. The van der Waals surface area contributed by atoms with Crippen molar-refractivity contribution in [2.75, 3.05) is 0 Å². The average Bonchev–Trinajstić information content (AvgIpc) is 3.39. The molecule has 12 bridgehead atoms. The second-order valence-corrected chi connectivity index (χ2v) is 19.6. The van der Waals surface area contributed by atoms with E-state index in [-0.39, 0.29) is 0 Å². The lowest BCUT2D eigenvalue weighted by atomic mass is 10.0. The minimum absolute atomic E-state index is 1.09. The van der Waals surface area contributed by atoms with E-state index in [1.54, 1.807) is 0 Å². The number of rotatable bonds is 4. The highest BCUT2D eigenvalue weighted by Crippen LogP contribution is 2.33. The van der Waals surface area contributed by atoms with Gasteiger partial charge in [-0.1, -0.05) is 84.9 Å². The molecule has 352 valence electrons. The van der Waals surface area contributed by atoms with Crippen molar-refractivity contribution in [3.63, 3.8) is 0 Å². The zero-order valence-corrected chi connectivity index (χ0v) is 42.6. The minimum Gasteiger partial charge on any atom is -0.310 e. The summed E-state index contributed by atoms with van der Waals surface area (Å²) in [6.45, 7) is 18.1. The summed E-state index contributed by atoms with van der Waals surface area (Å²) in [7, 11) is 0. The van der Waals surface area contributed by atoms with Gasteiger partial charge in [0.25, 0.3) is 0 Å². The zero-order valence-electron chi connectivity index (χ0n) is 42.6. The van der Waals surface area contributed by atoms with Crippen LogP contribution in [-0.4, -0.2) is 18.3 Å². The molecule has 0 unspecified atom stereocenters. The lowest BCUT2D eigenvalue weighted by Gasteiger charge is -2.19. The van der Waals surface area contributed by atoms with Gasteiger partial charge < -0.3 is 18.3 Å². The fourth-order valence-corrected chi connectivity index (χ4v) is 11.4. The van der Waals surface area contributed by atoms with Crippen LogP contribution in [0.25, 0.3) is 88.4 Å². The maximum absolute atomic E-state index is 2.44. The first-order valence-electron chi connectivity index (χ1n) is 25.1. The Morgan fingerprint density at radius 1 is 0.194 bits per heavy atom. The van der Waals surface area contributed by atoms with Gasteiger partial charge in [-0.15, -0.1) is 0 Å². The Labute approximate surface area is 422 Å². The van der Waals surface area contributed by atoms with Gasteiger partial charge in [-0.05, 0) is 255 Å². The number of hydrogen-bond donors (Lipinski definition) is 0. The number of hydrogen-bond acceptors (Lipinski definition) is 0. The first-order chi connectivity index (χ1) is 35.0. The molecule has 0 aliphatic rings. The molecule has 72 heavy (non-hydrogen) atoms. The van der Waals surface area contributed by atoms with Gasteiger partial charge in [0.2, 0.25) is 0 Å². The van der Waals surface area contributed by atoms with Crippen LogP contribution in [0.1, 0.15) is 44.5 Å².